The predicted molar refractivity (Wildman–Crippen MR) is 96.6 cm³/mol. The number of carboxylic acid groups (broad SMARTS) is 1. The van der Waals surface area contributed by atoms with Crippen LogP contribution in [0.3, 0.4) is 0 Å². The Morgan fingerprint density at radius 1 is 1.12 bits per heavy atom. The van der Waals surface area contributed by atoms with Gasteiger partial charge in [-0.3, -0.25) is 4.79 Å². The van der Waals surface area contributed by atoms with E-state index in [2.05, 4.69) is 30.4 Å². The molecule has 130 valence electrons. The van der Waals surface area contributed by atoms with Crippen LogP contribution in [0.2, 0.25) is 0 Å². The van der Waals surface area contributed by atoms with Crippen LogP contribution in [0.25, 0.3) is 0 Å². The van der Waals surface area contributed by atoms with Gasteiger partial charge in [0.05, 0.1) is 11.1 Å². The predicted octanol–water partition coefficient (Wildman–Crippen LogP) is 3.82. The SMILES string of the molecule is Cc1cccc(C2(NC(=O)CCc3ccccc3C(=O)O)CCC2)c1. The van der Waals surface area contributed by atoms with Gasteiger partial charge in [-0.05, 0) is 49.8 Å². The summed E-state index contributed by atoms with van der Waals surface area (Å²) in [7, 11) is 0. The molecule has 0 spiro atoms. The minimum atomic E-state index is -0.953. The monoisotopic (exact) mass is 337 g/mol. The molecule has 0 atom stereocenters. The number of carboxylic acids is 1. The van der Waals surface area contributed by atoms with Crippen LogP contribution >= 0.6 is 0 Å². The van der Waals surface area contributed by atoms with E-state index in [1.807, 2.05) is 6.07 Å². The van der Waals surface area contributed by atoms with Gasteiger partial charge in [0.15, 0.2) is 0 Å². The third-order valence-corrected chi connectivity index (χ3v) is 5.03. The Hall–Kier alpha value is -2.62. The third-order valence-electron chi connectivity index (χ3n) is 5.03. The summed E-state index contributed by atoms with van der Waals surface area (Å²) in [5.74, 6) is -0.979. The van der Waals surface area contributed by atoms with Gasteiger partial charge in [0.1, 0.15) is 0 Å². The summed E-state index contributed by atoms with van der Waals surface area (Å²) >= 11 is 0. The summed E-state index contributed by atoms with van der Waals surface area (Å²) in [6.07, 6.45) is 3.73. The molecule has 1 saturated carbocycles. The fraction of sp³-hybridized carbons (Fsp3) is 0.333. The first kappa shape index (κ1) is 17.2. The van der Waals surface area contributed by atoms with E-state index >= 15 is 0 Å². The van der Waals surface area contributed by atoms with Crippen molar-refractivity contribution in [3.63, 3.8) is 0 Å². The lowest BCUT2D eigenvalue weighted by molar-refractivity contribution is -0.124. The van der Waals surface area contributed by atoms with E-state index in [0.717, 1.165) is 24.8 Å². The van der Waals surface area contributed by atoms with Crippen LogP contribution in [-0.2, 0) is 16.8 Å². The molecule has 2 aromatic rings. The van der Waals surface area contributed by atoms with E-state index in [-0.39, 0.29) is 23.4 Å². The van der Waals surface area contributed by atoms with Crippen molar-refractivity contribution < 1.29 is 14.7 Å². The smallest absolute Gasteiger partial charge is 0.335 e. The van der Waals surface area contributed by atoms with Gasteiger partial charge in [-0.1, -0.05) is 48.0 Å². The van der Waals surface area contributed by atoms with Gasteiger partial charge in [-0.15, -0.1) is 0 Å². The minimum Gasteiger partial charge on any atom is -0.478 e. The molecule has 25 heavy (non-hydrogen) atoms. The average Bonchev–Trinajstić information content (AvgIpc) is 2.56. The van der Waals surface area contributed by atoms with Crippen LogP contribution in [0.4, 0.5) is 0 Å². The van der Waals surface area contributed by atoms with Crippen molar-refractivity contribution in [1.29, 1.82) is 0 Å². The number of rotatable bonds is 6. The molecule has 1 fully saturated rings. The highest BCUT2D eigenvalue weighted by molar-refractivity contribution is 5.89. The summed E-state index contributed by atoms with van der Waals surface area (Å²) in [6.45, 7) is 2.06. The zero-order valence-electron chi connectivity index (χ0n) is 14.4. The topological polar surface area (TPSA) is 66.4 Å². The lowest BCUT2D eigenvalue weighted by Crippen LogP contribution is -2.50. The van der Waals surface area contributed by atoms with E-state index in [9.17, 15) is 14.7 Å². The first-order valence-corrected chi connectivity index (χ1v) is 8.69. The lowest BCUT2D eigenvalue weighted by atomic mass is 9.71. The van der Waals surface area contributed by atoms with Crippen LogP contribution in [-0.4, -0.2) is 17.0 Å². The molecule has 2 N–H and O–H groups in total. The Morgan fingerprint density at radius 3 is 2.52 bits per heavy atom. The largest absolute Gasteiger partial charge is 0.478 e. The molecule has 1 amide bonds. The number of nitrogens with one attached hydrogen (secondary N) is 1. The van der Waals surface area contributed by atoms with Gasteiger partial charge in [0.2, 0.25) is 5.91 Å². The maximum atomic E-state index is 12.5. The van der Waals surface area contributed by atoms with Crippen molar-refractivity contribution in [3.05, 3.63) is 70.8 Å². The summed E-state index contributed by atoms with van der Waals surface area (Å²) in [4.78, 5) is 23.8. The van der Waals surface area contributed by atoms with Crippen LogP contribution in [0.5, 0.6) is 0 Å². The highest BCUT2D eigenvalue weighted by atomic mass is 16.4. The molecule has 0 heterocycles. The second kappa shape index (κ2) is 7.09. The van der Waals surface area contributed by atoms with E-state index in [1.165, 1.54) is 5.56 Å². The number of carbonyl (C=O) groups is 2. The van der Waals surface area contributed by atoms with Crippen molar-refractivity contribution in [2.45, 2.75) is 44.6 Å². The molecule has 4 heteroatoms. The Balaban J connectivity index is 1.67. The summed E-state index contributed by atoms with van der Waals surface area (Å²) in [6, 6.07) is 15.2. The molecule has 3 rings (SSSR count). The quantitative estimate of drug-likeness (QED) is 0.842. The van der Waals surface area contributed by atoms with Crippen molar-refractivity contribution >= 4 is 11.9 Å². The fourth-order valence-electron chi connectivity index (χ4n) is 3.48. The molecular weight excluding hydrogens is 314 g/mol. The minimum absolute atomic E-state index is 0.0265. The Labute approximate surface area is 147 Å². The maximum Gasteiger partial charge on any atom is 0.335 e. The van der Waals surface area contributed by atoms with Crippen molar-refractivity contribution in [2.75, 3.05) is 0 Å². The number of aromatic carboxylic acids is 1. The zero-order valence-corrected chi connectivity index (χ0v) is 14.4. The summed E-state index contributed by atoms with van der Waals surface area (Å²) < 4.78 is 0. The summed E-state index contributed by atoms with van der Waals surface area (Å²) in [5.41, 5.74) is 3.07. The van der Waals surface area contributed by atoms with Gasteiger partial charge in [-0.2, -0.15) is 0 Å². The van der Waals surface area contributed by atoms with Gasteiger partial charge in [0.25, 0.3) is 0 Å². The number of hydrogen-bond donors (Lipinski definition) is 2. The Kier molecular flexibility index (Phi) is 4.88. The molecule has 0 bridgehead atoms. The normalized spacial score (nSPS) is 15.2. The Morgan fingerprint density at radius 2 is 1.88 bits per heavy atom. The van der Waals surface area contributed by atoms with Gasteiger partial charge in [-0.25, -0.2) is 4.79 Å². The van der Waals surface area contributed by atoms with Crippen LogP contribution in [0.1, 0.15) is 52.7 Å². The second-order valence-electron chi connectivity index (χ2n) is 6.82. The fourth-order valence-corrected chi connectivity index (χ4v) is 3.48. The molecule has 1 aliphatic rings. The van der Waals surface area contributed by atoms with Crippen LogP contribution in [0.15, 0.2) is 48.5 Å². The van der Waals surface area contributed by atoms with Crippen molar-refractivity contribution in [3.8, 4) is 0 Å². The number of carbonyl (C=O) groups excluding carboxylic acids is 1. The van der Waals surface area contributed by atoms with Crippen LogP contribution < -0.4 is 5.32 Å². The Bertz CT molecular complexity index is 793. The van der Waals surface area contributed by atoms with Gasteiger partial charge < -0.3 is 10.4 Å². The molecule has 0 unspecified atom stereocenters. The van der Waals surface area contributed by atoms with E-state index in [1.54, 1.807) is 24.3 Å². The zero-order chi connectivity index (χ0) is 17.9. The van der Waals surface area contributed by atoms with Gasteiger partial charge in [0, 0.05) is 6.42 Å². The average molecular weight is 337 g/mol. The number of benzene rings is 2. The van der Waals surface area contributed by atoms with Crippen LogP contribution in [0, 0.1) is 6.92 Å². The number of hydrogen-bond acceptors (Lipinski definition) is 2. The molecule has 0 saturated heterocycles. The molecule has 1 aliphatic carbocycles. The first-order chi connectivity index (χ1) is 12.0. The van der Waals surface area contributed by atoms with E-state index in [4.69, 9.17) is 0 Å². The van der Waals surface area contributed by atoms with E-state index in [0.29, 0.717) is 12.0 Å². The van der Waals surface area contributed by atoms with Crippen molar-refractivity contribution in [2.24, 2.45) is 0 Å². The second-order valence-corrected chi connectivity index (χ2v) is 6.82. The lowest BCUT2D eigenvalue weighted by Gasteiger charge is -2.43. The van der Waals surface area contributed by atoms with E-state index < -0.39 is 5.97 Å². The molecule has 0 aliphatic heterocycles. The molecule has 0 aromatic heterocycles. The van der Waals surface area contributed by atoms with Gasteiger partial charge >= 0.3 is 5.97 Å². The number of amides is 1. The highest BCUT2D eigenvalue weighted by Crippen LogP contribution is 2.41. The molecular formula is C21H23NO3. The molecule has 4 nitrogen and oxygen atoms in total. The molecule has 0 radical (unpaired) electrons. The standard InChI is InChI=1S/C21H23NO3/c1-15-6-4-8-17(14-15)21(12-5-13-21)22-19(23)11-10-16-7-2-3-9-18(16)20(24)25/h2-4,6-9,14H,5,10-13H2,1H3,(H,22,23)(H,24,25). The third kappa shape index (κ3) is 3.73. The summed E-state index contributed by atoms with van der Waals surface area (Å²) in [5, 5.41) is 12.4. The first-order valence-electron chi connectivity index (χ1n) is 8.69. The highest BCUT2D eigenvalue weighted by Gasteiger charge is 2.39. The molecule has 2 aromatic carbocycles. The maximum absolute atomic E-state index is 12.5. The number of aryl methyl sites for hydroxylation is 2. The van der Waals surface area contributed by atoms with Crippen molar-refractivity contribution in [1.82, 2.24) is 5.32 Å².